The maximum atomic E-state index is 12.3. The minimum Gasteiger partial charge on any atom is -0.351 e. The number of fused-ring (bicyclic) bond motifs is 1. The van der Waals surface area contributed by atoms with E-state index in [2.05, 4.69) is 10.3 Å². The van der Waals surface area contributed by atoms with E-state index in [1.165, 1.54) is 0 Å². The lowest BCUT2D eigenvalue weighted by Gasteiger charge is -2.18. The van der Waals surface area contributed by atoms with Crippen molar-refractivity contribution in [2.24, 2.45) is 7.05 Å². The predicted octanol–water partition coefficient (Wildman–Crippen LogP) is 2.98. The minimum atomic E-state index is -0.152. The highest BCUT2D eigenvalue weighted by Gasteiger charge is 2.12. The van der Waals surface area contributed by atoms with Crippen LogP contribution in [-0.4, -0.2) is 31.9 Å². The van der Waals surface area contributed by atoms with E-state index in [0.29, 0.717) is 18.1 Å². The van der Waals surface area contributed by atoms with Gasteiger partial charge in [-0.15, -0.1) is 0 Å². The molecule has 0 aliphatic heterocycles. The molecule has 0 unspecified atom stereocenters. The van der Waals surface area contributed by atoms with Crippen LogP contribution in [0, 0.1) is 6.92 Å². The van der Waals surface area contributed by atoms with Crippen LogP contribution in [0.3, 0.4) is 0 Å². The number of hydrogen-bond donors (Lipinski definition) is 1. The topological polar surface area (TPSA) is 54.6 Å². The predicted molar refractivity (Wildman–Crippen MR) is 94.1 cm³/mol. The Kier molecular flexibility index (Phi) is 4.49. The van der Waals surface area contributed by atoms with Crippen LogP contribution < -0.4 is 5.32 Å². The van der Waals surface area contributed by atoms with E-state index in [-0.39, 0.29) is 6.03 Å². The normalized spacial score (nSPS) is 11.0. The van der Waals surface area contributed by atoms with Gasteiger partial charge in [0.2, 0.25) is 0 Å². The molecule has 0 aliphatic carbocycles. The van der Waals surface area contributed by atoms with Crippen LogP contribution in [0.4, 0.5) is 4.79 Å². The lowest BCUT2D eigenvalue weighted by Crippen LogP contribution is -2.36. The standard InChI is InChI=1S/C17H20ClN5O/c1-12-5-4-6-16-20-14(10-23(12)16)8-19-17(24)22(3)11-15-7-13(18)9-21(15)2/h4-7,9-10H,8,11H2,1-3H3,(H,19,24). The van der Waals surface area contributed by atoms with Gasteiger partial charge in [-0.1, -0.05) is 17.7 Å². The molecule has 0 saturated carbocycles. The maximum absolute atomic E-state index is 12.3. The molecule has 0 radical (unpaired) electrons. The summed E-state index contributed by atoms with van der Waals surface area (Å²) in [5.74, 6) is 0. The van der Waals surface area contributed by atoms with Crippen LogP contribution >= 0.6 is 11.6 Å². The number of carbonyl (C=O) groups excluding carboxylic acids is 1. The fourth-order valence-corrected chi connectivity index (χ4v) is 2.90. The molecular formula is C17H20ClN5O. The van der Waals surface area contributed by atoms with Crippen LogP contribution in [0.5, 0.6) is 0 Å². The van der Waals surface area contributed by atoms with Gasteiger partial charge in [0.1, 0.15) is 5.65 Å². The number of urea groups is 1. The van der Waals surface area contributed by atoms with Crippen molar-refractivity contribution < 1.29 is 4.79 Å². The minimum absolute atomic E-state index is 0.152. The van der Waals surface area contributed by atoms with Crippen LogP contribution in [0.1, 0.15) is 17.1 Å². The summed E-state index contributed by atoms with van der Waals surface area (Å²) in [5.41, 5.74) is 3.79. The van der Waals surface area contributed by atoms with Crippen molar-refractivity contribution in [2.75, 3.05) is 7.05 Å². The molecule has 0 atom stereocenters. The first kappa shape index (κ1) is 16.4. The molecule has 1 N–H and O–H groups in total. The third-order valence-electron chi connectivity index (χ3n) is 3.99. The Labute approximate surface area is 145 Å². The van der Waals surface area contributed by atoms with Crippen molar-refractivity contribution in [2.45, 2.75) is 20.0 Å². The zero-order valence-electron chi connectivity index (χ0n) is 14.0. The lowest BCUT2D eigenvalue weighted by molar-refractivity contribution is 0.205. The number of imidazole rings is 1. The highest BCUT2D eigenvalue weighted by Crippen LogP contribution is 2.14. The number of nitrogens with one attached hydrogen (secondary N) is 1. The third-order valence-corrected chi connectivity index (χ3v) is 4.19. The van der Waals surface area contributed by atoms with Crippen LogP contribution in [-0.2, 0) is 20.1 Å². The van der Waals surface area contributed by atoms with E-state index in [0.717, 1.165) is 22.7 Å². The molecule has 0 aromatic carbocycles. The Balaban J connectivity index is 1.61. The molecule has 6 nitrogen and oxygen atoms in total. The molecule has 3 aromatic heterocycles. The number of aromatic nitrogens is 3. The Bertz CT molecular complexity index is 882. The third kappa shape index (κ3) is 3.38. The van der Waals surface area contributed by atoms with Gasteiger partial charge < -0.3 is 19.2 Å². The summed E-state index contributed by atoms with van der Waals surface area (Å²) in [6, 6.07) is 7.65. The maximum Gasteiger partial charge on any atom is 0.317 e. The zero-order valence-corrected chi connectivity index (χ0v) is 14.7. The molecular weight excluding hydrogens is 326 g/mol. The zero-order chi connectivity index (χ0) is 17.3. The van der Waals surface area contributed by atoms with Crippen LogP contribution in [0.25, 0.3) is 5.65 Å². The van der Waals surface area contributed by atoms with Gasteiger partial charge in [0, 0.05) is 37.9 Å². The van der Waals surface area contributed by atoms with Crippen molar-refractivity contribution in [3.8, 4) is 0 Å². The van der Waals surface area contributed by atoms with Gasteiger partial charge in [-0.05, 0) is 25.1 Å². The molecule has 0 saturated heterocycles. The van der Waals surface area contributed by atoms with Crippen molar-refractivity contribution in [1.82, 2.24) is 24.2 Å². The Morgan fingerprint density at radius 3 is 2.83 bits per heavy atom. The number of hydrogen-bond acceptors (Lipinski definition) is 2. The second-order valence-corrected chi connectivity index (χ2v) is 6.34. The number of pyridine rings is 1. The number of carbonyl (C=O) groups is 1. The Hall–Kier alpha value is -2.47. The molecule has 126 valence electrons. The monoisotopic (exact) mass is 345 g/mol. The van der Waals surface area contributed by atoms with Crippen molar-refractivity contribution >= 4 is 23.3 Å². The van der Waals surface area contributed by atoms with Gasteiger partial charge in [0.15, 0.2) is 0 Å². The van der Waals surface area contributed by atoms with Gasteiger partial charge in [-0.2, -0.15) is 0 Å². The lowest BCUT2D eigenvalue weighted by atomic mass is 10.4. The SMILES string of the molecule is Cc1cccc2nc(CNC(=O)N(C)Cc3cc(Cl)cn3C)cn12. The van der Waals surface area contributed by atoms with Gasteiger partial charge in [0.05, 0.1) is 23.8 Å². The largest absolute Gasteiger partial charge is 0.351 e. The van der Waals surface area contributed by atoms with Crippen LogP contribution in [0.15, 0.2) is 36.7 Å². The van der Waals surface area contributed by atoms with E-state index >= 15 is 0 Å². The molecule has 3 rings (SSSR count). The summed E-state index contributed by atoms with van der Waals surface area (Å²) < 4.78 is 3.92. The molecule has 3 heterocycles. The molecule has 0 fully saturated rings. The first-order valence-corrected chi connectivity index (χ1v) is 8.05. The fourth-order valence-electron chi connectivity index (χ4n) is 2.62. The van der Waals surface area contributed by atoms with Crippen molar-refractivity contribution in [1.29, 1.82) is 0 Å². The summed E-state index contributed by atoms with van der Waals surface area (Å²) in [6.45, 7) is 2.90. The van der Waals surface area contributed by atoms with E-state index in [1.807, 2.05) is 59.6 Å². The summed E-state index contributed by atoms with van der Waals surface area (Å²) in [4.78, 5) is 18.4. The highest BCUT2D eigenvalue weighted by molar-refractivity contribution is 6.30. The van der Waals surface area contributed by atoms with Gasteiger partial charge in [-0.3, -0.25) is 0 Å². The highest BCUT2D eigenvalue weighted by atomic mass is 35.5. The molecule has 3 aromatic rings. The van der Waals surface area contributed by atoms with E-state index in [9.17, 15) is 4.79 Å². The molecule has 0 spiro atoms. The molecule has 0 aliphatic rings. The van der Waals surface area contributed by atoms with E-state index in [1.54, 1.807) is 11.9 Å². The van der Waals surface area contributed by atoms with Crippen molar-refractivity contribution in [3.63, 3.8) is 0 Å². The van der Waals surface area contributed by atoms with Gasteiger partial charge in [-0.25, -0.2) is 9.78 Å². The van der Waals surface area contributed by atoms with Crippen molar-refractivity contribution in [3.05, 3.63) is 58.8 Å². The number of halogens is 1. The average Bonchev–Trinajstić information content (AvgIpc) is 3.09. The first-order chi connectivity index (χ1) is 11.4. The Morgan fingerprint density at radius 1 is 1.38 bits per heavy atom. The first-order valence-electron chi connectivity index (χ1n) is 7.67. The van der Waals surface area contributed by atoms with E-state index in [4.69, 9.17) is 11.6 Å². The summed E-state index contributed by atoms with van der Waals surface area (Å²) in [6.07, 6.45) is 3.77. The second kappa shape index (κ2) is 6.57. The van der Waals surface area contributed by atoms with E-state index < -0.39 is 0 Å². The average molecular weight is 346 g/mol. The van der Waals surface area contributed by atoms with Crippen LogP contribution in [0.2, 0.25) is 5.02 Å². The molecule has 7 heteroatoms. The Morgan fingerprint density at radius 2 is 2.17 bits per heavy atom. The number of amides is 2. The summed E-state index contributed by atoms with van der Waals surface area (Å²) in [5, 5.41) is 3.56. The fraction of sp³-hybridized carbons (Fsp3) is 0.294. The second-order valence-electron chi connectivity index (χ2n) is 5.90. The molecule has 2 amide bonds. The summed E-state index contributed by atoms with van der Waals surface area (Å²) >= 11 is 5.97. The van der Waals surface area contributed by atoms with Gasteiger partial charge >= 0.3 is 6.03 Å². The molecule has 0 bridgehead atoms. The molecule has 24 heavy (non-hydrogen) atoms. The number of aryl methyl sites for hydroxylation is 2. The quantitative estimate of drug-likeness (QED) is 0.790. The number of nitrogens with zero attached hydrogens (tertiary/aromatic N) is 4. The summed E-state index contributed by atoms with van der Waals surface area (Å²) in [7, 11) is 3.66. The smallest absolute Gasteiger partial charge is 0.317 e. The number of rotatable bonds is 4. The van der Waals surface area contributed by atoms with Gasteiger partial charge in [0.25, 0.3) is 0 Å².